The number of halogens is 2. The third kappa shape index (κ3) is 3.14. The highest BCUT2D eigenvalue weighted by Gasteiger charge is 2.12. The molecule has 0 bridgehead atoms. The minimum Gasteiger partial charge on any atom is -0.324 e. The number of anilines is 2. The molecule has 0 fully saturated rings. The minimum atomic E-state index is -0.289. The Hall–Kier alpha value is -2.89. The summed E-state index contributed by atoms with van der Waals surface area (Å²) in [7, 11) is 0. The Balaban J connectivity index is 1.83. The van der Waals surface area contributed by atoms with E-state index in [4.69, 9.17) is 23.2 Å². The summed E-state index contributed by atoms with van der Waals surface area (Å²) in [5.74, 6) is 0.274. The van der Waals surface area contributed by atoms with Crippen molar-refractivity contribution in [3.63, 3.8) is 0 Å². The molecule has 0 aliphatic carbocycles. The molecule has 2 heterocycles. The zero-order valence-electron chi connectivity index (χ0n) is 13.3. The second-order valence-electron chi connectivity index (χ2n) is 5.58. The molecular formula is C19H12Cl2N4O. The first kappa shape index (κ1) is 16.6. The van der Waals surface area contributed by atoms with E-state index in [1.165, 1.54) is 0 Å². The van der Waals surface area contributed by atoms with Crippen LogP contribution in [0.15, 0.2) is 65.6 Å². The molecule has 0 unspecified atom stereocenters. The van der Waals surface area contributed by atoms with Gasteiger partial charge in [0.15, 0.2) is 5.65 Å². The van der Waals surface area contributed by atoms with Crippen molar-refractivity contribution in [2.24, 2.45) is 0 Å². The number of hydrogen-bond donors (Lipinski definition) is 2. The van der Waals surface area contributed by atoms with Gasteiger partial charge < -0.3 is 5.32 Å². The fourth-order valence-electron chi connectivity index (χ4n) is 2.68. The monoisotopic (exact) mass is 382 g/mol. The molecule has 2 aromatic heterocycles. The van der Waals surface area contributed by atoms with Gasteiger partial charge in [-0.25, -0.2) is 4.98 Å². The van der Waals surface area contributed by atoms with Crippen molar-refractivity contribution < 1.29 is 0 Å². The van der Waals surface area contributed by atoms with Gasteiger partial charge in [-0.2, -0.15) is 4.98 Å². The van der Waals surface area contributed by atoms with Crippen LogP contribution in [0.4, 0.5) is 11.6 Å². The number of aromatic amines is 1. The molecule has 0 aliphatic heterocycles. The Kier molecular flexibility index (Phi) is 4.32. The summed E-state index contributed by atoms with van der Waals surface area (Å²) >= 11 is 12.1. The molecular weight excluding hydrogens is 371 g/mol. The topological polar surface area (TPSA) is 70.7 Å². The SMILES string of the molecule is O=c1[nH]c(Nc2ccccc2Cl)nc2nccc(-c3ccc(Cl)cc3)c12. The minimum absolute atomic E-state index is 0.274. The highest BCUT2D eigenvalue weighted by atomic mass is 35.5. The lowest BCUT2D eigenvalue weighted by Gasteiger charge is -2.09. The number of rotatable bonds is 3. The molecule has 4 aromatic rings. The number of benzene rings is 2. The normalized spacial score (nSPS) is 10.8. The van der Waals surface area contributed by atoms with Crippen LogP contribution in [0.5, 0.6) is 0 Å². The van der Waals surface area contributed by atoms with E-state index in [9.17, 15) is 4.79 Å². The lowest BCUT2D eigenvalue weighted by atomic mass is 10.0. The predicted molar refractivity (Wildman–Crippen MR) is 105 cm³/mol. The van der Waals surface area contributed by atoms with Gasteiger partial charge in [0.05, 0.1) is 16.1 Å². The maximum atomic E-state index is 12.7. The van der Waals surface area contributed by atoms with Crippen LogP contribution in [0.2, 0.25) is 10.0 Å². The third-order valence-electron chi connectivity index (χ3n) is 3.89. The van der Waals surface area contributed by atoms with Gasteiger partial charge in [-0.15, -0.1) is 0 Å². The average molecular weight is 383 g/mol. The summed E-state index contributed by atoms with van der Waals surface area (Å²) in [6.07, 6.45) is 1.62. The summed E-state index contributed by atoms with van der Waals surface area (Å²) in [6, 6.07) is 16.2. The van der Waals surface area contributed by atoms with Gasteiger partial charge in [-0.1, -0.05) is 47.5 Å². The molecule has 7 heteroatoms. The average Bonchev–Trinajstić information content (AvgIpc) is 2.64. The molecule has 0 saturated heterocycles. The van der Waals surface area contributed by atoms with Crippen LogP contribution in [-0.2, 0) is 0 Å². The van der Waals surface area contributed by atoms with Crippen LogP contribution in [0.3, 0.4) is 0 Å². The van der Waals surface area contributed by atoms with Crippen molar-refractivity contribution in [3.05, 3.63) is 81.2 Å². The molecule has 0 aliphatic rings. The largest absolute Gasteiger partial charge is 0.324 e. The van der Waals surface area contributed by atoms with Crippen LogP contribution < -0.4 is 10.9 Å². The van der Waals surface area contributed by atoms with Crippen molar-refractivity contribution in [2.45, 2.75) is 0 Å². The zero-order valence-corrected chi connectivity index (χ0v) is 14.8. The second-order valence-corrected chi connectivity index (χ2v) is 6.43. The summed E-state index contributed by atoms with van der Waals surface area (Å²) in [5, 5.41) is 4.59. The maximum absolute atomic E-state index is 12.7. The third-order valence-corrected chi connectivity index (χ3v) is 4.47. The summed E-state index contributed by atoms with van der Waals surface area (Å²) in [5.41, 5.74) is 2.30. The summed E-state index contributed by atoms with van der Waals surface area (Å²) in [4.78, 5) is 24.1. The van der Waals surface area contributed by atoms with E-state index in [0.717, 1.165) is 11.1 Å². The van der Waals surface area contributed by atoms with Crippen molar-refractivity contribution in [1.29, 1.82) is 0 Å². The van der Waals surface area contributed by atoms with Crippen LogP contribution in [-0.4, -0.2) is 15.0 Å². The van der Waals surface area contributed by atoms with Crippen LogP contribution in [0.1, 0.15) is 0 Å². The van der Waals surface area contributed by atoms with Crippen LogP contribution >= 0.6 is 23.2 Å². The fraction of sp³-hybridized carbons (Fsp3) is 0. The number of pyridine rings is 1. The number of fused-ring (bicyclic) bond motifs is 1. The van der Waals surface area contributed by atoms with E-state index in [2.05, 4.69) is 20.3 Å². The van der Waals surface area contributed by atoms with Crippen molar-refractivity contribution in [1.82, 2.24) is 15.0 Å². The Morgan fingerprint density at radius 1 is 0.962 bits per heavy atom. The van der Waals surface area contributed by atoms with Crippen LogP contribution in [0, 0.1) is 0 Å². The number of nitrogens with one attached hydrogen (secondary N) is 2. The molecule has 2 N–H and O–H groups in total. The molecule has 0 radical (unpaired) electrons. The Labute approximate surface area is 158 Å². The number of hydrogen-bond acceptors (Lipinski definition) is 4. The predicted octanol–water partition coefficient (Wildman–Crippen LogP) is 5.04. The first-order chi connectivity index (χ1) is 12.6. The van der Waals surface area contributed by atoms with Gasteiger partial charge >= 0.3 is 0 Å². The molecule has 2 aromatic carbocycles. The van der Waals surface area contributed by atoms with Gasteiger partial charge in [-0.3, -0.25) is 9.78 Å². The quantitative estimate of drug-likeness (QED) is 0.520. The van der Waals surface area contributed by atoms with Crippen molar-refractivity contribution in [2.75, 3.05) is 5.32 Å². The second kappa shape index (κ2) is 6.78. The lowest BCUT2D eigenvalue weighted by molar-refractivity contribution is 1.14. The number of nitrogens with zero attached hydrogens (tertiary/aromatic N) is 2. The zero-order chi connectivity index (χ0) is 18.1. The molecule has 4 rings (SSSR count). The van der Waals surface area contributed by atoms with E-state index in [0.29, 0.717) is 26.8 Å². The molecule has 5 nitrogen and oxygen atoms in total. The van der Waals surface area contributed by atoms with Gasteiger partial charge in [0.1, 0.15) is 0 Å². The molecule has 0 spiro atoms. The van der Waals surface area contributed by atoms with E-state index in [1.807, 2.05) is 24.3 Å². The van der Waals surface area contributed by atoms with Gasteiger partial charge in [-0.05, 0) is 41.5 Å². The smallest absolute Gasteiger partial charge is 0.262 e. The highest BCUT2D eigenvalue weighted by Crippen LogP contribution is 2.27. The Bertz CT molecular complexity index is 1160. The summed E-state index contributed by atoms with van der Waals surface area (Å²) < 4.78 is 0. The van der Waals surface area contributed by atoms with Crippen molar-refractivity contribution >= 4 is 45.9 Å². The van der Waals surface area contributed by atoms with Gasteiger partial charge in [0.2, 0.25) is 5.95 Å². The molecule has 0 saturated carbocycles. The van der Waals surface area contributed by atoms with E-state index < -0.39 is 0 Å². The Morgan fingerprint density at radius 3 is 2.50 bits per heavy atom. The van der Waals surface area contributed by atoms with Crippen LogP contribution in [0.25, 0.3) is 22.2 Å². The lowest BCUT2D eigenvalue weighted by Crippen LogP contribution is -2.13. The molecule has 0 atom stereocenters. The first-order valence-corrected chi connectivity index (χ1v) is 8.54. The molecule has 0 amide bonds. The first-order valence-electron chi connectivity index (χ1n) is 7.78. The maximum Gasteiger partial charge on any atom is 0.262 e. The van der Waals surface area contributed by atoms with Crippen molar-refractivity contribution in [3.8, 4) is 11.1 Å². The fourth-order valence-corrected chi connectivity index (χ4v) is 2.99. The molecule has 26 heavy (non-hydrogen) atoms. The Morgan fingerprint density at radius 2 is 1.73 bits per heavy atom. The van der Waals surface area contributed by atoms with E-state index in [-0.39, 0.29) is 11.5 Å². The highest BCUT2D eigenvalue weighted by molar-refractivity contribution is 6.33. The molecule has 128 valence electrons. The number of aromatic nitrogens is 3. The van der Waals surface area contributed by atoms with E-state index >= 15 is 0 Å². The standard InChI is InChI=1S/C19H12Cl2N4O/c20-12-7-5-11(6-8-12)13-9-10-22-17-16(13)18(26)25-19(24-17)23-15-4-2-1-3-14(15)21/h1-10H,(H2,22,23,24,25,26). The van der Waals surface area contributed by atoms with Gasteiger partial charge in [0.25, 0.3) is 5.56 Å². The summed E-state index contributed by atoms with van der Waals surface area (Å²) in [6.45, 7) is 0. The van der Waals surface area contributed by atoms with E-state index in [1.54, 1.807) is 36.5 Å². The number of H-pyrrole nitrogens is 1. The number of para-hydroxylation sites is 1. The van der Waals surface area contributed by atoms with Gasteiger partial charge in [0, 0.05) is 11.2 Å².